The first-order valence-corrected chi connectivity index (χ1v) is 14.5. The third kappa shape index (κ3) is 7.53. The zero-order chi connectivity index (χ0) is 29.3. The van der Waals surface area contributed by atoms with Crippen LogP contribution in [0.5, 0.6) is 11.5 Å². The van der Waals surface area contributed by atoms with Crippen LogP contribution in [0, 0.1) is 0 Å². The monoisotopic (exact) mass is 567 g/mol. The number of amides is 2. The van der Waals surface area contributed by atoms with Crippen LogP contribution in [0.3, 0.4) is 0 Å². The third-order valence-electron chi connectivity index (χ3n) is 6.61. The summed E-state index contributed by atoms with van der Waals surface area (Å²) in [6.45, 7) is 5.01. The minimum atomic E-state index is -4.15. The molecule has 0 bridgehead atoms. The van der Waals surface area contributed by atoms with Crippen LogP contribution in [0.25, 0.3) is 0 Å². The SMILES string of the molecule is CC[C@@H](C)NC(=O)[C@@H](C)N(Cc1cccc(OC)c1)C(=O)CN(c1cccc(OC)c1)S(=O)(=O)c1ccccc1. The largest absolute Gasteiger partial charge is 0.497 e. The van der Waals surface area contributed by atoms with Crippen molar-refractivity contribution in [2.24, 2.45) is 0 Å². The summed E-state index contributed by atoms with van der Waals surface area (Å²) in [5.74, 6) is 0.167. The molecule has 0 aliphatic heterocycles. The summed E-state index contributed by atoms with van der Waals surface area (Å²) in [5, 5.41) is 2.92. The van der Waals surface area contributed by atoms with E-state index in [9.17, 15) is 18.0 Å². The van der Waals surface area contributed by atoms with E-state index in [0.29, 0.717) is 11.5 Å². The zero-order valence-electron chi connectivity index (χ0n) is 23.5. The quantitative estimate of drug-likeness (QED) is 0.332. The van der Waals surface area contributed by atoms with Crippen LogP contribution in [0.2, 0.25) is 0 Å². The highest BCUT2D eigenvalue weighted by Crippen LogP contribution is 2.27. The van der Waals surface area contributed by atoms with Gasteiger partial charge in [-0.15, -0.1) is 0 Å². The van der Waals surface area contributed by atoms with E-state index in [1.807, 2.05) is 19.9 Å². The summed E-state index contributed by atoms with van der Waals surface area (Å²) in [4.78, 5) is 28.6. The standard InChI is InChI=1S/C30H37N3O6S/c1-6-22(2)31-30(35)23(3)32(20-24-12-10-14-26(18-24)38-4)29(34)21-33(25-13-11-15-27(19-25)39-5)40(36,37)28-16-8-7-9-17-28/h7-19,22-23H,6,20-21H2,1-5H3,(H,31,35)/t22-,23-/m1/s1. The van der Waals surface area contributed by atoms with Gasteiger partial charge in [-0.1, -0.05) is 43.3 Å². The smallest absolute Gasteiger partial charge is 0.264 e. The van der Waals surface area contributed by atoms with Crippen molar-refractivity contribution in [1.29, 1.82) is 0 Å². The summed E-state index contributed by atoms with van der Waals surface area (Å²) >= 11 is 0. The first-order chi connectivity index (χ1) is 19.1. The molecular formula is C30H37N3O6S. The topological polar surface area (TPSA) is 105 Å². The Morgan fingerprint density at radius 3 is 2.12 bits per heavy atom. The van der Waals surface area contributed by atoms with Gasteiger partial charge in [-0.2, -0.15) is 0 Å². The van der Waals surface area contributed by atoms with E-state index in [0.717, 1.165) is 16.3 Å². The molecule has 0 saturated carbocycles. The summed E-state index contributed by atoms with van der Waals surface area (Å²) in [6.07, 6.45) is 0.723. The van der Waals surface area contributed by atoms with Crippen molar-refractivity contribution >= 4 is 27.5 Å². The lowest BCUT2D eigenvalue weighted by Gasteiger charge is -2.32. The fraction of sp³-hybridized carbons (Fsp3) is 0.333. The maximum atomic E-state index is 14.0. The van der Waals surface area contributed by atoms with Crippen molar-refractivity contribution in [3.8, 4) is 11.5 Å². The van der Waals surface area contributed by atoms with Crippen molar-refractivity contribution in [2.45, 2.75) is 50.7 Å². The van der Waals surface area contributed by atoms with E-state index in [-0.39, 0.29) is 29.1 Å². The van der Waals surface area contributed by atoms with E-state index in [2.05, 4.69) is 5.32 Å². The van der Waals surface area contributed by atoms with E-state index in [1.54, 1.807) is 74.7 Å². The van der Waals surface area contributed by atoms with E-state index < -0.39 is 28.5 Å². The van der Waals surface area contributed by atoms with Crippen molar-refractivity contribution in [1.82, 2.24) is 10.2 Å². The highest BCUT2D eigenvalue weighted by atomic mass is 32.2. The molecule has 3 aromatic carbocycles. The Balaban J connectivity index is 2.04. The molecule has 0 radical (unpaired) electrons. The highest BCUT2D eigenvalue weighted by molar-refractivity contribution is 7.92. The van der Waals surface area contributed by atoms with Gasteiger partial charge in [0.15, 0.2) is 0 Å². The number of rotatable bonds is 13. The Labute approximate surface area is 236 Å². The molecule has 10 heteroatoms. The summed E-state index contributed by atoms with van der Waals surface area (Å²) in [5.41, 5.74) is 0.990. The Morgan fingerprint density at radius 2 is 1.50 bits per heavy atom. The molecular weight excluding hydrogens is 530 g/mol. The van der Waals surface area contributed by atoms with Crippen LogP contribution in [-0.4, -0.2) is 58.0 Å². The minimum absolute atomic E-state index is 0.0347. The fourth-order valence-electron chi connectivity index (χ4n) is 4.03. The molecule has 3 rings (SSSR count). The van der Waals surface area contributed by atoms with Gasteiger partial charge in [0.2, 0.25) is 11.8 Å². The zero-order valence-corrected chi connectivity index (χ0v) is 24.4. The molecule has 0 aliphatic carbocycles. The Hall–Kier alpha value is -4.05. The van der Waals surface area contributed by atoms with Gasteiger partial charge in [0, 0.05) is 18.7 Å². The molecule has 0 heterocycles. The average molecular weight is 568 g/mol. The summed E-state index contributed by atoms with van der Waals surface area (Å²) in [6, 6.07) is 20.6. The number of sulfonamides is 1. The number of anilines is 1. The lowest BCUT2D eigenvalue weighted by atomic mass is 10.1. The van der Waals surface area contributed by atoms with Gasteiger partial charge in [-0.05, 0) is 62.2 Å². The van der Waals surface area contributed by atoms with Crippen LogP contribution < -0.4 is 19.1 Å². The van der Waals surface area contributed by atoms with E-state index in [4.69, 9.17) is 9.47 Å². The Kier molecular flexibility index (Phi) is 10.6. The molecule has 0 aromatic heterocycles. The molecule has 0 spiro atoms. The molecule has 214 valence electrons. The van der Waals surface area contributed by atoms with Gasteiger partial charge in [0.05, 0.1) is 24.8 Å². The molecule has 40 heavy (non-hydrogen) atoms. The second-order valence-electron chi connectivity index (χ2n) is 9.39. The predicted molar refractivity (Wildman–Crippen MR) is 155 cm³/mol. The molecule has 0 fully saturated rings. The number of hydrogen-bond donors (Lipinski definition) is 1. The van der Waals surface area contributed by atoms with Crippen molar-refractivity contribution in [3.63, 3.8) is 0 Å². The number of methoxy groups -OCH3 is 2. The first kappa shape index (κ1) is 30.5. The van der Waals surface area contributed by atoms with Gasteiger partial charge in [-0.25, -0.2) is 8.42 Å². The van der Waals surface area contributed by atoms with Gasteiger partial charge in [0.25, 0.3) is 10.0 Å². The van der Waals surface area contributed by atoms with Gasteiger partial charge in [0.1, 0.15) is 24.1 Å². The summed E-state index contributed by atoms with van der Waals surface area (Å²) < 4.78 is 39.4. The van der Waals surface area contributed by atoms with Crippen LogP contribution >= 0.6 is 0 Å². The number of nitrogens with one attached hydrogen (secondary N) is 1. The average Bonchev–Trinajstić information content (AvgIpc) is 2.98. The normalized spacial score (nSPS) is 12.6. The first-order valence-electron chi connectivity index (χ1n) is 13.0. The number of ether oxygens (including phenoxy) is 2. The number of nitrogens with zero attached hydrogens (tertiary/aromatic N) is 2. The fourth-order valence-corrected chi connectivity index (χ4v) is 5.46. The van der Waals surface area contributed by atoms with Crippen LogP contribution in [0.1, 0.15) is 32.8 Å². The van der Waals surface area contributed by atoms with E-state index >= 15 is 0 Å². The molecule has 0 aliphatic rings. The molecule has 0 unspecified atom stereocenters. The van der Waals surface area contributed by atoms with Crippen molar-refractivity contribution in [3.05, 3.63) is 84.4 Å². The molecule has 1 N–H and O–H groups in total. The Bertz CT molecular complexity index is 1400. The van der Waals surface area contributed by atoms with E-state index in [1.165, 1.54) is 24.1 Å². The third-order valence-corrected chi connectivity index (χ3v) is 8.39. The summed E-state index contributed by atoms with van der Waals surface area (Å²) in [7, 11) is -1.12. The van der Waals surface area contributed by atoms with Crippen molar-refractivity contribution < 1.29 is 27.5 Å². The molecule has 2 amide bonds. The second kappa shape index (κ2) is 13.8. The molecule has 2 atom stereocenters. The van der Waals surface area contributed by atoms with Crippen LogP contribution in [0.15, 0.2) is 83.8 Å². The van der Waals surface area contributed by atoms with Crippen LogP contribution in [-0.2, 0) is 26.2 Å². The lowest BCUT2D eigenvalue weighted by Crippen LogP contribution is -2.52. The van der Waals surface area contributed by atoms with Crippen molar-refractivity contribution in [2.75, 3.05) is 25.1 Å². The Morgan fingerprint density at radius 1 is 0.875 bits per heavy atom. The second-order valence-corrected chi connectivity index (χ2v) is 11.3. The van der Waals surface area contributed by atoms with Gasteiger partial charge >= 0.3 is 0 Å². The maximum absolute atomic E-state index is 14.0. The molecule has 3 aromatic rings. The van der Waals surface area contributed by atoms with Gasteiger partial charge in [-0.3, -0.25) is 13.9 Å². The minimum Gasteiger partial charge on any atom is -0.497 e. The number of hydrogen-bond acceptors (Lipinski definition) is 6. The molecule has 0 saturated heterocycles. The van der Waals surface area contributed by atoms with Crippen LogP contribution in [0.4, 0.5) is 5.69 Å². The number of benzene rings is 3. The predicted octanol–water partition coefficient (Wildman–Crippen LogP) is 4.23. The highest BCUT2D eigenvalue weighted by Gasteiger charge is 2.33. The number of carbonyl (C=O) groups is 2. The lowest BCUT2D eigenvalue weighted by molar-refractivity contribution is -0.139. The number of carbonyl (C=O) groups excluding carboxylic acids is 2. The van der Waals surface area contributed by atoms with Gasteiger partial charge < -0.3 is 19.7 Å². The maximum Gasteiger partial charge on any atom is 0.264 e. The molecule has 9 nitrogen and oxygen atoms in total.